The second-order valence-corrected chi connectivity index (χ2v) is 6.19. The monoisotopic (exact) mass is 288 g/mol. The molecule has 0 heteroatoms. The molecular weight excluding hydrogens is 264 g/mol. The van der Waals surface area contributed by atoms with Crippen molar-refractivity contribution in [3.63, 3.8) is 0 Å². The summed E-state index contributed by atoms with van der Waals surface area (Å²) in [6.07, 6.45) is 6.26. The van der Waals surface area contributed by atoms with Crippen molar-refractivity contribution in [2.24, 2.45) is 0 Å². The Morgan fingerprint density at radius 1 is 0.682 bits per heavy atom. The first-order valence-electron chi connectivity index (χ1n) is 8.35. The van der Waals surface area contributed by atoms with E-state index in [1.807, 2.05) is 0 Å². The summed E-state index contributed by atoms with van der Waals surface area (Å²) in [4.78, 5) is 0. The summed E-state index contributed by atoms with van der Waals surface area (Å²) >= 11 is 0. The fraction of sp³-hybridized carbons (Fsp3) is 0.273. The van der Waals surface area contributed by atoms with Crippen LogP contribution in [0.4, 0.5) is 0 Å². The quantitative estimate of drug-likeness (QED) is 0.480. The van der Waals surface area contributed by atoms with Gasteiger partial charge in [0.15, 0.2) is 0 Å². The molecular formula is C22H24. The van der Waals surface area contributed by atoms with Crippen molar-refractivity contribution >= 4 is 10.8 Å². The largest absolute Gasteiger partial charge is 0.0617 e. The Balaban J connectivity index is 1.50. The summed E-state index contributed by atoms with van der Waals surface area (Å²) in [5.41, 5.74) is 4.34. The van der Waals surface area contributed by atoms with Crippen LogP contribution in [-0.4, -0.2) is 0 Å². The maximum absolute atomic E-state index is 2.31. The van der Waals surface area contributed by atoms with Gasteiger partial charge in [-0.3, -0.25) is 0 Å². The van der Waals surface area contributed by atoms with Crippen LogP contribution in [0.1, 0.15) is 36.0 Å². The van der Waals surface area contributed by atoms with E-state index in [1.165, 1.54) is 59.6 Å². The lowest BCUT2D eigenvalue weighted by atomic mass is 9.98. The van der Waals surface area contributed by atoms with Gasteiger partial charge in [0.05, 0.1) is 0 Å². The lowest BCUT2D eigenvalue weighted by Crippen LogP contribution is -1.90. The summed E-state index contributed by atoms with van der Waals surface area (Å²) in [5.74, 6) is 0. The molecule has 0 unspecified atom stereocenters. The molecule has 112 valence electrons. The first-order valence-corrected chi connectivity index (χ1v) is 8.35. The number of fused-ring (bicyclic) bond motifs is 1. The molecule has 0 atom stereocenters. The van der Waals surface area contributed by atoms with Gasteiger partial charge in [-0.1, -0.05) is 78.7 Å². The van der Waals surface area contributed by atoms with E-state index in [-0.39, 0.29) is 0 Å². The molecule has 3 aromatic rings. The topological polar surface area (TPSA) is 0 Å². The Kier molecular flexibility index (Phi) is 4.90. The molecule has 0 fully saturated rings. The average molecular weight is 288 g/mol. The third-order valence-corrected chi connectivity index (χ3v) is 4.37. The lowest BCUT2D eigenvalue weighted by Gasteiger charge is -2.07. The molecule has 0 saturated carbocycles. The third kappa shape index (κ3) is 3.76. The highest BCUT2D eigenvalue weighted by atomic mass is 14.1. The van der Waals surface area contributed by atoms with Crippen LogP contribution in [0.3, 0.4) is 0 Å². The summed E-state index contributed by atoms with van der Waals surface area (Å²) in [7, 11) is 0. The van der Waals surface area contributed by atoms with Crippen molar-refractivity contribution in [1.82, 2.24) is 0 Å². The van der Waals surface area contributed by atoms with Gasteiger partial charge in [-0.15, -0.1) is 0 Å². The van der Waals surface area contributed by atoms with Gasteiger partial charge >= 0.3 is 0 Å². The second-order valence-electron chi connectivity index (χ2n) is 6.19. The Hall–Kier alpha value is -2.08. The Labute approximate surface area is 133 Å². The number of unbranched alkanes of at least 4 members (excludes halogenated alkanes) is 2. The summed E-state index contributed by atoms with van der Waals surface area (Å²) in [6.45, 7) is 2.17. The van der Waals surface area contributed by atoms with E-state index in [2.05, 4.69) is 73.7 Å². The SMILES string of the molecule is Cc1cccc(CCCCCc2cccc3ccccc23)c1. The molecule has 22 heavy (non-hydrogen) atoms. The van der Waals surface area contributed by atoms with Crippen molar-refractivity contribution in [3.05, 3.63) is 83.4 Å². The number of rotatable bonds is 6. The molecule has 0 saturated heterocycles. The average Bonchev–Trinajstić information content (AvgIpc) is 2.55. The van der Waals surface area contributed by atoms with Crippen molar-refractivity contribution < 1.29 is 0 Å². The molecule has 3 aromatic carbocycles. The molecule has 0 spiro atoms. The highest BCUT2D eigenvalue weighted by Crippen LogP contribution is 2.20. The zero-order valence-corrected chi connectivity index (χ0v) is 13.4. The third-order valence-electron chi connectivity index (χ3n) is 4.37. The summed E-state index contributed by atoms with van der Waals surface area (Å²) < 4.78 is 0. The smallest absolute Gasteiger partial charge is 0.0152 e. The zero-order chi connectivity index (χ0) is 15.2. The van der Waals surface area contributed by atoms with Crippen molar-refractivity contribution in [2.45, 2.75) is 39.0 Å². The van der Waals surface area contributed by atoms with Crippen LogP contribution in [0.2, 0.25) is 0 Å². The van der Waals surface area contributed by atoms with Gasteiger partial charge in [0.1, 0.15) is 0 Å². The van der Waals surface area contributed by atoms with Gasteiger partial charge in [0, 0.05) is 0 Å². The van der Waals surface area contributed by atoms with Crippen LogP contribution in [-0.2, 0) is 12.8 Å². The molecule has 3 rings (SSSR count). The fourth-order valence-electron chi connectivity index (χ4n) is 3.20. The molecule has 0 aliphatic rings. The van der Waals surface area contributed by atoms with Crippen LogP contribution in [0.5, 0.6) is 0 Å². The highest BCUT2D eigenvalue weighted by molar-refractivity contribution is 5.85. The first-order chi connectivity index (χ1) is 10.8. The standard InChI is InChI=1S/C22H24/c1-18-9-7-11-19(17-18)10-3-2-4-12-20-14-8-15-21-13-5-6-16-22(20)21/h5-9,11,13-17H,2-4,10,12H2,1H3. The van der Waals surface area contributed by atoms with Gasteiger partial charge < -0.3 is 0 Å². The molecule has 0 bridgehead atoms. The van der Waals surface area contributed by atoms with Crippen LogP contribution in [0, 0.1) is 6.92 Å². The maximum atomic E-state index is 2.31. The Morgan fingerprint density at radius 2 is 1.45 bits per heavy atom. The fourth-order valence-corrected chi connectivity index (χ4v) is 3.20. The van der Waals surface area contributed by atoms with Gasteiger partial charge in [-0.05, 0) is 54.5 Å². The van der Waals surface area contributed by atoms with Gasteiger partial charge in [-0.25, -0.2) is 0 Å². The van der Waals surface area contributed by atoms with Gasteiger partial charge in [0.2, 0.25) is 0 Å². The van der Waals surface area contributed by atoms with E-state index in [9.17, 15) is 0 Å². The minimum atomic E-state index is 1.19. The Morgan fingerprint density at radius 3 is 2.36 bits per heavy atom. The van der Waals surface area contributed by atoms with Crippen molar-refractivity contribution in [3.8, 4) is 0 Å². The highest BCUT2D eigenvalue weighted by Gasteiger charge is 2.00. The summed E-state index contributed by atoms with van der Waals surface area (Å²) in [6, 6.07) is 24.3. The molecule has 0 amide bonds. The maximum Gasteiger partial charge on any atom is -0.0152 e. The molecule has 0 aromatic heterocycles. The van der Waals surface area contributed by atoms with Crippen LogP contribution in [0.25, 0.3) is 10.8 Å². The number of hydrogen-bond donors (Lipinski definition) is 0. The predicted octanol–water partition coefficient (Wildman–Crippen LogP) is 6.10. The Bertz CT molecular complexity index is 734. The van der Waals surface area contributed by atoms with Gasteiger partial charge in [-0.2, -0.15) is 0 Å². The van der Waals surface area contributed by atoms with E-state index < -0.39 is 0 Å². The van der Waals surface area contributed by atoms with Gasteiger partial charge in [0.25, 0.3) is 0 Å². The normalized spacial score (nSPS) is 11.0. The molecule has 0 N–H and O–H groups in total. The van der Waals surface area contributed by atoms with E-state index in [0.717, 1.165) is 0 Å². The minimum Gasteiger partial charge on any atom is -0.0617 e. The first kappa shape index (κ1) is 14.8. The van der Waals surface area contributed by atoms with Crippen LogP contribution >= 0.6 is 0 Å². The van der Waals surface area contributed by atoms with E-state index in [0.29, 0.717) is 0 Å². The summed E-state index contributed by atoms with van der Waals surface area (Å²) in [5, 5.41) is 2.78. The molecule has 0 radical (unpaired) electrons. The number of benzene rings is 3. The van der Waals surface area contributed by atoms with Crippen molar-refractivity contribution in [2.75, 3.05) is 0 Å². The van der Waals surface area contributed by atoms with Crippen molar-refractivity contribution in [1.29, 1.82) is 0 Å². The molecule has 0 aliphatic heterocycles. The zero-order valence-electron chi connectivity index (χ0n) is 13.4. The predicted molar refractivity (Wildman–Crippen MR) is 96.4 cm³/mol. The van der Waals surface area contributed by atoms with E-state index in [4.69, 9.17) is 0 Å². The lowest BCUT2D eigenvalue weighted by molar-refractivity contribution is 0.680. The molecule has 0 heterocycles. The van der Waals surface area contributed by atoms with E-state index in [1.54, 1.807) is 0 Å². The molecule has 0 aliphatic carbocycles. The minimum absolute atomic E-state index is 1.19. The van der Waals surface area contributed by atoms with Crippen LogP contribution < -0.4 is 0 Å². The number of hydrogen-bond acceptors (Lipinski definition) is 0. The number of aryl methyl sites for hydroxylation is 3. The molecule has 0 nitrogen and oxygen atoms in total. The second kappa shape index (κ2) is 7.26. The van der Waals surface area contributed by atoms with Crippen LogP contribution in [0.15, 0.2) is 66.7 Å². The van der Waals surface area contributed by atoms with E-state index >= 15 is 0 Å².